The number of anilines is 2. The molecule has 2 aromatic carbocycles. The third-order valence-electron chi connectivity index (χ3n) is 6.49. The van der Waals surface area contributed by atoms with E-state index in [4.69, 9.17) is 22.3 Å². The molecule has 0 aliphatic carbocycles. The monoisotopic (exact) mass is 474 g/mol. The summed E-state index contributed by atoms with van der Waals surface area (Å²) in [5, 5.41) is 10.7. The lowest BCUT2D eigenvalue weighted by Gasteiger charge is -2.43. The third-order valence-corrected chi connectivity index (χ3v) is 6.79. The molecule has 1 aromatic heterocycles. The Labute approximate surface area is 195 Å². The second-order valence-corrected chi connectivity index (χ2v) is 9.35. The Bertz CT molecular complexity index is 1210. The van der Waals surface area contributed by atoms with Crippen LogP contribution in [-0.2, 0) is 0 Å². The number of phenolic OH excluding ortho intramolecular Hbond substituents is 1. The normalized spacial score (nSPS) is 19.1. The quantitative estimate of drug-likeness (QED) is 0.600. The van der Waals surface area contributed by atoms with Gasteiger partial charge in [-0.3, -0.25) is 0 Å². The van der Waals surface area contributed by atoms with Crippen molar-refractivity contribution in [3.05, 3.63) is 40.9 Å². The molecule has 2 aliphatic heterocycles. The Balaban J connectivity index is 1.71. The van der Waals surface area contributed by atoms with Gasteiger partial charge in [0.1, 0.15) is 22.9 Å². The second kappa shape index (κ2) is 8.23. The number of likely N-dealkylation sites (N-methyl/N-ethyl adjacent to an activating group) is 1. The van der Waals surface area contributed by atoms with Crippen molar-refractivity contribution >= 4 is 34.3 Å². The van der Waals surface area contributed by atoms with E-state index in [2.05, 4.69) is 9.88 Å². The van der Waals surface area contributed by atoms with Crippen LogP contribution in [-0.4, -0.2) is 72.3 Å². The number of hydrogen-bond donors (Lipinski definition) is 2. The van der Waals surface area contributed by atoms with Crippen LogP contribution in [0.4, 0.5) is 20.5 Å². The minimum atomic E-state index is -0.795. The lowest BCUT2D eigenvalue weighted by molar-refractivity contribution is 0.245. The number of rotatable bonds is 4. The number of aromatic hydroxyl groups is 1. The van der Waals surface area contributed by atoms with Crippen LogP contribution in [0.25, 0.3) is 22.0 Å². The first-order chi connectivity index (χ1) is 15.7. The summed E-state index contributed by atoms with van der Waals surface area (Å²) in [6.45, 7) is 2.70. The fraction of sp³-hybridized carbons (Fsp3) is 0.391. The molecule has 0 spiro atoms. The molecule has 174 valence electrons. The maximum absolute atomic E-state index is 16.0. The molecule has 0 bridgehead atoms. The Morgan fingerprint density at radius 1 is 1.12 bits per heavy atom. The molecule has 0 saturated carbocycles. The lowest BCUT2D eigenvalue weighted by Crippen LogP contribution is -2.58. The molecule has 0 radical (unpaired) electrons. The van der Waals surface area contributed by atoms with Gasteiger partial charge in [0.2, 0.25) is 5.95 Å². The first kappa shape index (κ1) is 22.1. The van der Waals surface area contributed by atoms with Gasteiger partial charge in [-0.2, -0.15) is 4.98 Å². The van der Waals surface area contributed by atoms with E-state index in [0.717, 1.165) is 12.5 Å². The topological polar surface area (TPSA) is 81.8 Å². The Morgan fingerprint density at radius 3 is 2.52 bits per heavy atom. The van der Waals surface area contributed by atoms with Gasteiger partial charge in [-0.05, 0) is 38.7 Å². The van der Waals surface area contributed by atoms with E-state index in [1.54, 1.807) is 6.07 Å². The number of nitrogens with two attached hydrogens (primary N) is 1. The number of nitrogens with zero attached hydrogens (tertiary/aromatic N) is 5. The average molecular weight is 475 g/mol. The molecule has 10 heteroatoms. The smallest absolute Gasteiger partial charge is 0.228 e. The summed E-state index contributed by atoms with van der Waals surface area (Å²) in [5.41, 5.74) is 5.64. The molecular formula is C23H25ClF2N6O. The zero-order valence-corrected chi connectivity index (χ0v) is 19.2. The predicted molar refractivity (Wildman–Crippen MR) is 126 cm³/mol. The van der Waals surface area contributed by atoms with Crippen LogP contribution in [0.1, 0.15) is 6.42 Å². The molecule has 2 aliphatic rings. The number of benzene rings is 2. The largest absolute Gasteiger partial charge is 0.507 e. The summed E-state index contributed by atoms with van der Waals surface area (Å²) >= 11 is 6.46. The lowest BCUT2D eigenvalue weighted by atomic mass is 10.0. The van der Waals surface area contributed by atoms with E-state index in [0.29, 0.717) is 49.4 Å². The molecule has 0 amide bonds. The van der Waals surface area contributed by atoms with Crippen molar-refractivity contribution in [1.82, 2.24) is 14.9 Å². The van der Waals surface area contributed by atoms with Crippen LogP contribution in [0.2, 0.25) is 5.02 Å². The maximum atomic E-state index is 16.0. The number of fused-ring (bicyclic) bond motifs is 1. The molecule has 7 nitrogen and oxygen atoms in total. The molecular weight excluding hydrogens is 450 g/mol. The van der Waals surface area contributed by atoms with E-state index >= 15 is 4.39 Å². The van der Waals surface area contributed by atoms with Gasteiger partial charge < -0.3 is 25.5 Å². The van der Waals surface area contributed by atoms with Crippen LogP contribution in [0.3, 0.4) is 0 Å². The van der Waals surface area contributed by atoms with Gasteiger partial charge in [0.15, 0.2) is 5.82 Å². The van der Waals surface area contributed by atoms with Crippen molar-refractivity contribution in [2.24, 2.45) is 5.73 Å². The SMILES string of the molecule is CN(C)C1CN(c2nc(N3CCC(N)C3)c3cc(Cl)c(-c4c(O)cccc4F)c(F)c3n2)C1. The molecule has 2 saturated heterocycles. The van der Waals surface area contributed by atoms with Crippen molar-refractivity contribution in [1.29, 1.82) is 0 Å². The van der Waals surface area contributed by atoms with Crippen molar-refractivity contribution in [2.75, 3.05) is 50.1 Å². The molecule has 2 fully saturated rings. The molecule has 1 unspecified atom stereocenters. The fourth-order valence-electron chi connectivity index (χ4n) is 4.47. The van der Waals surface area contributed by atoms with Crippen LogP contribution in [0.15, 0.2) is 24.3 Å². The Morgan fingerprint density at radius 2 is 1.88 bits per heavy atom. The van der Waals surface area contributed by atoms with Gasteiger partial charge in [0.05, 0.1) is 10.6 Å². The molecule has 5 rings (SSSR count). The standard InChI is InChI=1S/C23H25ClF2N6O/c1-30(2)13-10-32(11-13)23-28-21-14(22(29-23)31-7-6-12(27)9-31)8-15(24)18(20(21)26)19-16(25)4-3-5-17(19)33/h3-5,8,12-13,33H,6-7,9-11,27H2,1-2H3. The Hall–Kier alpha value is -2.75. The minimum Gasteiger partial charge on any atom is -0.507 e. The molecule has 1 atom stereocenters. The number of phenols is 1. The van der Waals surface area contributed by atoms with Gasteiger partial charge in [0.25, 0.3) is 0 Å². The van der Waals surface area contributed by atoms with E-state index in [1.807, 2.05) is 23.9 Å². The highest BCUT2D eigenvalue weighted by Gasteiger charge is 2.33. The zero-order chi connectivity index (χ0) is 23.4. The van der Waals surface area contributed by atoms with E-state index in [9.17, 15) is 9.50 Å². The number of halogens is 3. The molecule has 3 aromatic rings. The van der Waals surface area contributed by atoms with E-state index < -0.39 is 17.4 Å². The number of hydrogen-bond acceptors (Lipinski definition) is 7. The zero-order valence-electron chi connectivity index (χ0n) is 18.4. The highest BCUT2D eigenvalue weighted by atomic mass is 35.5. The Kier molecular flexibility index (Phi) is 5.50. The molecule has 3 heterocycles. The number of aromatic nitrogens is 2. The predicted octanol–water partition coefficient (Wildman–Crippen LogP) is 3.22. The van der Waals surface area contributed by atoms with Crippen molar-refractivity contribution in [3.63, 3.8) is 0 Å². The van der Waals surface area contributed by atoms with Gasteiger partial charge in [-0.15, -0.1) is 0 Å². The second-order valence-electron chi connectivity index (χ2n) is 8.94. The molecule has 33 heavy (non-hydrogen) atoms. The summed E-state index contributed by atoms with van der Waals surface area (Å²) < 4.78 is 30.6. The summed E-state index contributed by atoms with van der Waals surface area (Å²) in [6, 6.07) is 5.69. The summed E-state index contributed by atoms with van der Waals surface area (Å²) in [4.78, 5) is 15.4. The van der Waals surface area contributed by atoms with E-state index in [-0.39, 0.29) is 27.7 Å². The third kappa shape index (κ3) is 3.74. The van der Waals surface area contributed by atoms with Gasteiger partial charge in [0, 0.05) is 49.2 Å². The summed E-state index contributed by atoms with van der Waals surface area (Å²) in [7, 11) is 4.02. The maximum Gasteiger partial charge on any atom is 0.228 e. The van der Waals surface area contributed by atoms with Crippen LogP contribution in [0.5, 0.6) is 5.75 Å². The highest BCUT2D eigenvalue weighted by molar-refractivity contribution is 6.34. The highest BCUT2D eigenvalue weighted by Crippen LogP contribution is 2.43. The minimum absolute atomic E-state index is 0.00412. The van der Waals surface area contributed by atoms with Crippen LogP contribution < -0.4 is 15.5 Å². The fourth-order valence-corrected chi connectivity index (χ4v) is 4.75. The summed E-state index contributed by atoms with van der Waals surface area (Å²) in [5.74, 6) is -1.00. The van der Waals surface area contributed by atoms with Gasteiger partial charge in [-0.25, -0.2) is 13.8 Å². The van der Waals surface area contributed by atoms with Crippen molar-refractivity contribution < 1.29 is 13.9 Å². The van der Waals surface area contributed by atoms with Crippen LogP contribution in [0, 0.1) is 11.6 Å². The molecule has 3 N–H and O–H groups in total. The first-order valence-corrected chi connectivity index (χ1v) is 11.2. The van der Waals surface area contributed by atoms with Gasteiger partial charge in [-0.1, -0.05) is 17.7 Å². The van der Waals surface area contributed by atoms with Crippen molar-refractivity contribution in [3.8, 4) is 16.9 Å². The average Bonchev–Trinajstić information content (AvgIpc) is 3.15. The van der Waals surface area contributed by atoms with Crippen molar-refractivity contribution in [2.45, 2.75) is 18.5 Å². The first-order valence-electron chi connectivity index (χ1n) is 10.8. The van der Waals surface area contributed by atoms with Gasteiger partial charge >= 0.3 is 0 Å². The summed E-state index contributed by atoms with van der Waals surface area (Å²) in [6.07, 6.45) is 0.796. The van der Waals surface area contributed by atoms with Crippen LogP contribution >= 0.6 is 11.6 Å². The van der Waals surface area contributed by atoms with E-state index in [1.165, 1.54) is 12.1 Å².